The lowest BCUT2D eigenvalue weighted by Crippen LogP contribution is -2.48. The summed E-state index contributed by atoms with van der Waals surface area (Å²) in [6.45, 7) is 5.77. The molecule has 1 aromatic heterocycles. The third-order valence-corrected chi connectivity index (χ3v) is 9.34. The molecule has 1 amide bonds. The molecule has 0 spiro atoms. The van der Waals surface area contributed by atoms with Gasteiger partial charge in [-0.2, -0.15) is 0 Å². The number of carbonyl (C=O) groups excluding carboxylic acids is 1. The Morgan fingerprint density at radius 2 is 1.67 bits per heavy atom. The van der Waals surface area contributed by atoms with Crippen molar-refractivity contribution in [3.05, 3.63) is 102 Å². The van der Waals surface area contributed by atoms with E-state index in [1.807, 2.05) is 55.5 Å². The van der Waals surface area contributed by atoms with E-state index in [9.17, 15) is 23.1 Å². The van der Waals surface area contributed by atoms with Gasteiger partial charge in [0.1, 0.15) is 5.58 Å². The van der Waals surface area contributed by atoms with Gasteiger partial charge in [-0.05, 0) is 62.2 Å². The van der Waals surface area contributed by atoms with Crippen LogP contribution in [0.2, 0.25) is 0 Å². The summed E-state index contributed by atoms with van der Waals surface area (Å²) in [7, 11) is -4.09. The van der Waals surface area contributed by atoms with Crippen molar-refractivity contribution in [1.82, 2.24) is 4.90 Å². The van der Waals surface area contributed by atoms with E-state index < -0.39 is 16.0 Å². The Labute approximate surface area is 245 Å². The molecule has 1 aliphatic rings. The molecule has 1 fully saturated rings. The van der Waals surface area contributed by atoms with E-state index in [0.717, 1.165) is 11.3 Å². The fourth-order valence-corrected chi connectivity index (χ4v) is 6.80. The van der Waals surface area contributed by atoms with Gasteiger partial charge in [-0.1, -0.05) is 48.5 Å². The standard InChI is InChI=1S/C32H33N3O6S/c1-3-9-30(36)34-20-18-33(19-21-34)27-12-7-8-13-28(27)35(17-16-24-10-5-4-6-11-24)42(39,40)25-14-15-29-26(22-25)23(2)31(41-29)32(37)38/h3-15,22H,16-21H2,1-2H3,(H,37,38)/b9-3+. The van der Waals surface area contributed by atoms with Crippen LogP contribution < -0.4 is 9.21 Å². The van der Waals surface area contributed by atoms with Crippen molar-refractivity contribution in [1.29, 1.82) is 0 Å². The second kappa shape index (κ2) is 12.1. The number of benzene rings is 3. The molecule has 3 aromatic carbocycles. The quantitative estimate of drug-likeness (QED) is 0.271. The van der Waals surface area contributed by atoms with E-state index in [1.165, 1.54) is 22.5 Å². The summed E-state index contributed by atoms with van der Waals surface area (Å²) >= 11 is 0. The molecule has 10 heteroatoms. The Balaban J connectivity index is 1.54. The van der Waals surface area contributed by atoms with Crippen LogP contribution >= 0.6 is 0 Å². The molecule has 5 rings (SSSR count). The normalized spacial score (nSPS) is 14.0. The molecule has 2 heterocycles. The van der Waals surface area contributed by atoms with Gasteiger partial charge in [0, 0.05) is 43.7 Å². The molecular weight excluding hydrogens is 554 g/mol. The monoisotopic (exact) mass is 587 g/mol. The number of piperazine rings is 1. The number of hydrogen-bond donors (Lipinski definition) is 1. The lowest BCUT2D eigenvalue weighted by molar-refractivity contribution is -0.126. The third kappa shape index (κ3) is 5.75. The molecule has 0 radical (unpaired) electrons. The molecule has 42 heavy (non-hydrogen) atoms. The summed E-state index contributed by atoms with van der Waals surface area (Å²) in [5.74, 6) is -1.45. The zero-order valence-corrected chi connectivity index (χ0v) is 24.4. The maximum Gasteiger partial charge on any atom is 0.372 e. The summed E-state index contributed by atoms with van der Waals surface area (Å²) in [5, 5.41) is 9.93. The van der Waals surface area contributed by atoms with E-state index in [0.29, 0.717) is 54.8 Å². The van der Waals surface area contributed by atoms with Crippen molar-refractivity contribution in [2.24, 2.45) is 0 Å². The van der Waals surface area contributed by atoms with Gasteiger partial charge in [-0.25, -0.2) is 13.2 Å². The Morgan fingerprint density at radius 3 is 2.36 bits per heavy atom. The van der Waals surface area contributed by atoms with Crippen LogP contribution in [0, 0.1) is 6.92 Å². The lowest BCUT2D eigenvalue weighted by atomic mass is 10.1. The molecule has 0 unspecified atom stereocenters. The van der Waals surface area contributed by atoms with Crippen molar-refractivity contribution in [2.75, 3.05) is 41.9 Å². The predicted molar refractivity (Wildman–Crippen MR) is 163 cm³/mol. The predicted octanol–water partition coefficient (Wildman–Crippen LogP) is 5.10. The first-order valence-electron chi connectivity index (χ1n) is 13.8. The molecule has 4 aromatic rings. The van der Waals surface area contributed by atoms with Crippen LogP contribution in [0.3, 0.4) is 0 Å². The average molecular weight is 588 g/mol. The molecule has 9 nitrogen and oxygen atoms in total. The molecule has 0 saturated carbocycles. The number of carboxylic acids is 1. The maximum atomic E-state index is 14.4. The van der Waals surface area contributed by atoms with Gasteiger partial charge in [0.05, 0.1) is 16.3 Å². The SMILES string of the molecule is C/C=C/C(=O)N1CCN(c2ccccc2N(CCc2ccccc2)S(=O)(=O)c2ccc3oc(C(=O)O)c(C)c3c2)CC1. The minimum Gasteiger partial charge on any atom is -0.475 e. The summed E-state index contributed by atoms with van der Waals surface area (Å²) in [6, 6.07) is 21.6. The number of rotatable bonds is 9. The van der Waals surface area contributed by atoms with Crippen LogP contribution in [-0.4, -0.2) is 63.0 Å². The van der Waals surface area contributed by atoms with Gasteiger partial charge in [0.25, 0.3) is 10.0 Å². The number of aromatic carboxylic acids is 1. The number of hydrogen-bond acceptors (Lipinski definition) is 6. The van der Waals surface area contributed by atoms with Crippen LogP contribution in [0.1, 0.15) is 28.6 Å². The van der Waals surface area contributed by atoms with Crippen LogP contribution in [0.5, 0.6) is 0 Å². The number of furan rings is 1. The number of anilines is 2. The number of amides is 1. The van der Waals surface area contributed by atoms with Crippen molar-refractivity contribution in [3.63, 3.8) is 0 Å². The molecule has 1 aliphatic heterocycles. The molecule has 0 atom stereocenters. The number of nitrogens with zero attached hydrogens (tertiary/aromatic N) is 3. The van der Waals surface area contributed by atoms with Gasteiger partial charge in [-0.3, -0.25) is 9.10 Å². The molecule has 1 N–H and O–H groups in total. The number of carboxylic acid groups (broad SMARTS) is 1. The fourth-order valence-electron chi connectivity index (χ4n) is 5.30. The van der Waals surface area contributed by atoms with Crippen molar-refractivity contribution in [2.45, 2.75) is 25.2 Å². The van der Waals surface area contributed by atoms with E-state index in [2.05, 4.69) is 4.90 Å². The number of carbonyl (C=O) groups is 2. The van der Waals surface area contributed by atoms with Gasteiger partial charge in [-0.15, -0.1) is 0 Å². The fraction of sp³-hybridized carbons (Fsp3) is 0.250. The smallest absolute Gasteiger partial charge is 0.372 e. The molecule has 218 valence electrons. The van der Waals surface area contributed by atoms with Crippen molar-refractivity contribution >= 4 is 44.2 Å². The minimum atomic E-state index is -4.09. The van der Waals surface area contributed by atoms with E-state index >= 15 is 0 Å². The summed E-state index contributed by atoms with van der Waals surface area (Å²) < 4.78 is 35.7. The summed E-state index contributed by atoms with van der Waals surface area (Å²) in [4.78, 5) is 27.9. The van der Waals surface area contributed by atoms with E-state index in [1.54, 1.807) is 30.0 Å². The highest BCUT2D eigenvalue weighted by Crippen LogP contribution is 2.36. The molecular formula is C32H33N3O6S. The molecule has 1 saturated heterocycles. The highest BCUT2D eigenvalue weighted by Gasteiger charge is 2.30. The van der Waals surface area contributed by atoms with Gasteiger partial charge in [0.15, 0.2) is 0 Å². The van der Waals surface area contributed by atoms with Crippen LogP contribution in [0.4, 0.5) is 11.4 Å². The lowest BCUT2D eigenvalue weighted by Gasteiger charge is -2.38. The van der Waals surface area contributed by atoms with Gasteiger partial charge in [0.2, 0.25) is 11.7 Å². The summed E-state index contributed by atoms with van der Waals surface area (Å²) in [5.41, 5.74) is 2.98. The minimum absolute atomic E-state index is 0.0338. The van der Waals surface area contributed by atoms with Crippen LogP contribution in [0.15, 0.2) is 94.3 Å². The first-order valence-corrected chi connectivity index (χ1v) is 15.2. The summed E-state index contributed by atoms with van der Waals surface area (Å²) in [6.07, 6.45) is 3.76. The van der Waals surface area contributed by atoms with Gasteiger partial charge < -0.3 is 19.3 Å². The van der Waals surface area contributed by atoms with Crippen LogP contribution in [0.25, 0.3) is 11.0 Å². The highest BCUT2D eigenvalue weighted by atomic mass is 32.2. The number of allylic oxidation sites excluding steroid dienone is 1. The maximum absolute atomic E-state index is 14.4. The third-order valence-electron chi connectivity index (χ3n) is 7.53. The zero-order chi connectivity index (χ0) is 29.9. The number of fused-ring (bicyclic) bond motifs is 1. The Hall–Kier alpha value is -4.57. The number of para-hydroxylation sites is 2. The Morgan fingerprint density at radius 1 is 0.976 bits per heavy atom. The van der Waals surface area contributed by atoms with E-state index in [4.69, 9.17) is 4.42 Å². The number of sulfonamides is 1. The second-order valence-corrected chi connectivity index (χ2v) is 12.0. The van der Waals surface area contributed by atoms with Crippen molar-refractivity contribution < 1.29 is 27.5 Å². The van der Waals surface area contributed by atoms with Crippen molar-refractivity contribution in [3.8, 4) is 0 Å². The van der Waals surface area contributed by atoms with Crippen LogP contribution in [-0.2, 0) is 21.2 Å². The number of aryl methyl sites for hydroxylation is 1. The Kier molecular flexibility index (Phi) is 8.35. The average Bonchev–Trinajstić information content (AvgIpc) is 3.34. The highest BCUT2D eigenvalue weighted by molar-refractivity contribution is 7.92. The van der Waals surface area contributed by atoms with E-state index in [-0.39, 0.29) is 23.1 Å². The first-order chi connectivity index (χ1) is 20.2. The van der Waals surface area contributed by atoms with Gasteiger partial charge >= 0.3 is 5.97 Å². The second-order valence-electron chi connectivity index (χ2n) is 10.1. The zero-order valence-electron chi connectivity index (χ0n) is 23.6. The Bertz CT molecular complexity index is 1740. The largest absolute Gasteiger partial charge is 0.475 e. The molecule has 0 aliphatic carbocycles. The molecule has 0 bridgehead atoms. The first kappa shape index (κ1) is 28.9. The topological polar surface area (TPSA) is 111 Å².